The Morgan fingerprint density at radius 1 is 1.29 bits per heavy atom. The molecule has 0 aliphatic carbocycles. The minimum Gasteiger partial charge on any atom is -0.489 e. The Labute approximate surface area is 143 Å². The summed E-state index contributed by atoms with van der Waals surface area (Å²) in [5.41, 5.74) is 1.52. The number of benzene rings is 1. The van der Waals surface area contributed by atoms with Crippen molar-refractivity contribution in [3.8, 4) is 5.75 Å². The molecular weight excluding hydrogens is 306 g/mol. The van der Waals surface area contributed by atoms with Gasteiger partial charge >= 0.3 is 5.97 Å². The molecule has 2 rings (SSSR count). The number of rotatable bonds is 6. The third-order valence-corrected chi connectivity index (χ3v) is 3.97. The Bertz CT molecular complexity index is 603. The number of carbonyl (C=O) groups is 2. The Kier molecular flexibility index (Phi) is 6.41. The van der Waals surface area contributed by atoms with Gasteiger partial charge in [0.25, 0.3) is 5.91 Å². The molecule has 1 fully saturated rings. The average molecular weight is 331 g/mol. The number of piperidine rings is 1. The number of esters is 1. The highest BCUT2D eigenvalue weighted by Crippen LogP contribution is 2.22. The summed E-state index contributed by atoms with van der Waals surface area (Å²) < 4.78 is 10.6. The van der Waals surface area contributed by atoms with Crippen molar-refractivity contribution < 1.29 is 19.1 Å². The van der Waals surface area contributed by atoms with E-state index in [0.717, 1.165) is 5.57 Å². The van der Waals surface area contributed by atoms with Crippen molar-refractivity contribution in [1.82, 2.24) is 4.90 Å². The Morgan fingerprint density at radius 2 is 2.00 bits per heavy atom. The predicted octanol–water partition coefficient (Wildman–Crippen LogP) is 3.06. The lowest BCUT2D eigenvalue weighted by Crippen LogP contribution is -2.40. The molecule has 1 heterocycles. The largest absolute Gasteiger partial charge is 0.489 e. The Morgan fingerprint density at radius 3 is 2.62 bits per heavy atom. The van der Waals surface area contributed by atoms with Crippen LogP contribution in [-0.2, 0) is 9.53 Å². The second-order valence-corrected chi connectivity index (χ2v) is 6.09. The molecule has 1 amide bonds. The standard InChI is InChI=1S/C19H25NO4/c1-4-23-19(22)15-8-10-20(11-9-15)18(21)16-6-5-7-17(12-16)24-13-14(2)3/h5-7,12,15H,2,4,8-11,13H2,1,3H3. The molecule has 1 aromatic carbocycles. The second-order valence-electron chi connectivity index (χ2n) is 6.09. The number of amides is 1. The normalized spacial score (nSPS) is 15.0. The van der Waals surface area contributed by atoms with Crippen molar-refractivity contribution in [2.45, 2.75) is 26.7 Å². The van der Waals surface area contributed by atoms with E-state index < -0.39 is 0 Å². The lowest BCUT2D eigenvalue weighted by molar-refractivity contribution is -0.149. The minimum absolute atomic E-state index is 0.0296. The van der Waals surface area contributed by atoms with Crippen molar-refractivity contribution >= 4 is 11.9 Å². The van der Waals surface area contributed by atoms with E-state index in [9.17, 15) is 9.59 Å². The van der Waals surface area contributed by atoms with Gasteiger partial charge in [-0.05, 0) is 50.5 Å². The lowest BCUT2D eigenvalue weighted by atomic mass is 9.96. The van der Waals surface area contributed by atoms with Gasteiger partial charge in [0.05, 0.1) is 12.5 Å². The highest BCUT2D eigenvalue weighted by molar-refractivity contribution is 5.94. The summed E-state index contributed by atoms with van der Waals surface area (Å²) in [6.45, 7) is 9.46. The van der Waals surface area contributed by atoms with E-state index >= 15 is 0 Å². The van der Waals surface area contributed by atoms with Crippen molar-refractivity contribution in [2.24, 2.45) is 5.92 Å². The highest BCUT2D eigenvalue weighted by atomic mass is 16.5. The predicted molar refractivity (Wildman–Crippen MR) is 92.0 cm³/mol. The number of likely N-dealkylation sites (tertiary alicyclic amines) is 1. The monoisotopic (exact) mass is 331 g/mol. The van der Waals surface area contributed by atoms with Gasteiger partial charge in [0, 0.05) is 18.7 Å². The lowest BCUT2D eigenvalue weighted by Gasteiger charge is -2.31. The minimum atomic E-state index is -0.153. The first kappa shape index (κ1) is 18.0. The van der Waals surface area contributed by atoms with Gasteiger partial charge in [0.15, 0.2) is 0 Å². The Hall–Kier alpha value is -2.30. The maximum absolute atomic E-state index is 12.6. The van der Waals surface area contributed by atoms with E-state index in [4.69, 9.17) is 9.47 Å². The van der Waals surface area contributed by atoms with Crippen LogP contribution in [0, 0.1) is 5.92 Å². The zero-order valence-corrected chi connectivity index (χ0v) is 14.4. The van der Waals surface area contributed by atoms with Gasteiger partial charge in [-0.3, -0.25) is 9.59 Å². The molecule has 0 atom stereocenters. The van der Waals surface area contributed by atoms with E-state index in [1.54, 1.807) is 24.0 Å². The summed E-state index contributed by atoms with van der Waals surface area (Å²) in [6, 6.07) is 7.18. The molecule has 130 valence electrons. The van der Waals surface area contributed by atoms with Gasteiger partial charge in [0.2, 0.25) is 0 Å². The van der Waals surface area contributed by atoms with Crippen LogP contribution in [0.1, 0.15) is 37.0 Å². The molecule has 0 spiro atoms. The first-order valence-corrected chi connectivity index (χ1v) is 8.34. The highest BCUT2D eigenvalue weighted by Gasteiger charge is 2.28. The van der Waals surface area contributed by atoms with Crippen LogP contribution in [0.2, 0.25) is 0 Å². The quantitative estimate of drug-likeness (QED) is 0.594. The molecule has 0 unspecified atom stereocenters. The van der Waals surface area contributed by atoms with Crippen LogP contribution < -0.4 is 4.74 Å². The molecule has 1 aliphatic rings. The van der Waals surface area contributed by atoms with Gasteiger partial charge in [-0.1, -0.05) is 12.6 Å². The first-order valence-electron chi connectivity index (χ1n) is 8.34. The smallest absolute Gasteiger partial charge is 0.309 e. The maximum atomic E-state index is 12.6. The number of hydrogen-bond donors (Lipinski definition) is 0. The fourth-order valence-electron chi connectivity index (χ4n) is 2.69. The summed E-state index contributed by atoms with van der Waals surface area (Å²) in [5.74, 6) is 0.377. The van der Waals surface area contributed by atoms with Crippen LogP contribution in [0.5, 0.6) is 5.75 Å². The van der Waals surface area contributed by atoms with Gasteiger partial charge < -0.3 is 14.4 Å². The molecule has 24 heavy (non-hydrogen) atoms. The second kappa shape index (κ2) is 8.52. The summed E-state index contributed by atoms with van der Waals surface area (Å²) in [5, 5.41) is 0. The van der Waals surface area contributed by atoms with E-state index in [1.807, 2.05) is 19.1 Å². The van der Waals surface area contributed by atoms with E-state index in [0.29, 0.717) is 50.5 Å². The maximum Gasteiger partial charge on any atom is 0.309 e. The SMILES string of the molecule is C=C(C)COc1cccc(C(=O)N2CCC(C(=O)OCC)CC2)c1. The van der Waals surface area contributed by atoms with Gasteiger partial charge in [0.1, 0.15) is 12.4 Å². The van der Waals surface area contributed by atoms with Crippen LogP contribution in [-0.4, -0.2) is 43.1 Å². The summed E-state index contributed by atoms with van der Waals surface area (Å²) in [4.78, 5) is 26.2. The average Bonchev–Trinajstić information content (AvgIpc) is 2.60. The summed E-state index contributed by atoms with van der Waals surface area (Å²) in [7, 11) is 0. The number of carbonyl (C=O) groups excluding carboxylic acids is 2. The summed E-state index contributed by atoms with van der Waals surface area (Å²) in [6.07, 6.45) is 1.30. The van der Waals surface area contributed by atoms with Gasteiger partial charge in [-0.25, -0.2) is 0 Å². The van der Waals surface area contributed by atoms with Gasteiger partial charge in [-0.15, -0.1) is 0 Å². The van der Waals surface area contributed by atoms with Crippen LogP contribution in [0.3, 0.4) is 0 Å². The van der Waals surface area contributed by atoms with E-state index in [-0.39, 0.29) is 17.8 Å². The number of hydrogen-bond acceptors (Lipinski definition) is 4. The number of nitrogens with zero attached hydrogens (tertiary/aromatic N) is 1. The van der Waals surface area contributed by atoms with Crippen molar-refractivity contribution in [3.05, 3.63) is 42.0 Å². The molecule has 0 N–H and O–H groups in total. The van der Waals surface area contributed by atoms with Gasteiger partial charge in [-0.2, -0.15) is 0 Å². The molecule has 0 aromatic heterocycles. The molecule has 0 radical (unpaired) electrons. The van der Waals surface area contributed by atoms with E-state index in [1.165, 1.54) is 0 Å². The Balaban J connectivity index is 1.94. The fraction of sp³-hybridized carbons (Fsp3) is 0.474. The van der Waals surface area contributed by atoms with Crippen molar-refractivity contribution in [1.29, 1.82) is 0 Å². The fourth-order valence-corrected chi connectivity index (χ4v) is 2.69. The van der Waals surface area contributed by atoms with Crippen LogP contribution >= 0.6 is 0 Å². The molecule has 0 bridgehead atoms. The molecule has 5 nitrogen and oxygen atoms in total. The zero-order chi connectivity index (χ0) is 17.5. The molecule has 1 aliphatic heterocycles. The van der Waals surface area contributed by atoms with Crippen LogP contribution in [0.25, 0.3) is 0 Å². The topological polar surface area (TPSA) is 55.8 Å². The molecule has 1 aromatic rings. The van der Waals surface area contributed by atoms with Crippen LogP contribution in [0.4, 0.5) is 0 Å². The molecule has 0 saturated carbocycles. The van der Waals surface area contributed by atoms with Crippen molar-refractivity contribution in [3.63, 3.8) is 0 Å². The van der Waals surface area contributed by atoms with E-state index in [2.05, 4.69) is 6.58 Å². The third-order valence-electron chi connectivity index (χ3n) is 3.97. The molecule has 1 saturated heterocycles. The molecular formula is C19H25NO4. The van der Waals surface area contributed by atoms with Crippen molar-refractivity contribution in [2.75, 3.05) is 26.3 Å². The number of ether oxygens (including phenoxy) is 2. The zero-order valence-electron chi connectivity index (χ0n) is 14.4. The van der Waals surface area contributed by atoms with Crippen LogP contribution in [0.15, 0.2) is 36.4 Å². The first-order chi connectivity index (χ1) is 11.5. The third kappa shape index (κ3) is 4.85. The molecule has 5 heteroatoms. The summed E-state index contributed by atoms with van der Waals surface area (Å²) >= 11 is 0.